The van der Waals surface area contributed by atoms with Gasteiger partial charge in [-0.3, -0.25) is 9.79 Å². The lowest BCUT2D eigenvalue weighted by Gasteiger charge is -2.30. The van der Waals surface area contributed by atoms with Crippen molar-refractivity contribution in [3.05, 3.63) is 24.3 Å². The van der Waals surface area contributed by atoms with Crippen molar-refractivity contribution in [1.82, 2.24) is 13.9 Å². The first kappa shape index (κ1) is 33.8. The van der Waals surface area contributed by atoms with Crippen LogP contribution in [0.4, 0.5) is 0 Å². The number of nitrogens with one attached hydrogen (secondary N) is 1. The third-order valence-electron chi connectivity index (χ3n) is 7.21. The second-order valence-electron chi connectivity index (χ2n) is 11.2. The highest BCUT2D eigenvalue weighted by Crippen LogP contribution is 2.34. The molecule has 232 valence electrons. The average molecular weight is 633 g/mol. The first-order valence-corrected chi connectivity index (χ1v) is 17.9. The number of carbonyl (C=O) groups excluding carboxylic acids is 1. The monoisotopic (exact) mass is 632 g/mol. The van der Waals surface area contributed by atoms with E-state index in [0.29, 0.717) is 12.3 Å². The largest absolute Gasteiger partial charge is 0.497 e. The van der Waals surface area contributed by atoms with Crippen LogP contribution < -0.4 is 10.1 Å². The number of amidine groups is 1. The Hall–Kier alpha value is -1.71. The first-order valence-electron chi connectivity index (χ1n) is 14.1. The molecule has 1 aliphatic carbocycles. The Kier molecular flexibility index (Phi) is 12.1. The van der Waals surface area contributed by atoms with E-state index in [-0.39, 0.29) is 53.9 Å². The van der Waals surface area contributed by atoms with Crippen molar-refractivity contribution in [2.75, 3.05) is 33.3 Å². The van der Waals surface area contributed by atoms with Gasteiger partial charge in [-0.15, -0.1) is 0 Å². The maximum atomic E-state index is 13.9. The number of carbonyl (C=O) groups is 1. The fourth-order valence-corrected chi connectivity index (χ4v) is 10.5. The molecular weight excluding hydrogens is 589 g/mol. The molecule has 1 saturated carbocycles. The number of aliphatic imine (C=N–C) groups is 1. The summed E-state index contributed by atoms with van der Waals surface area (Å²) in [6, 6.07) is 5.54. The van der Waals surface area contributed by atoms with Crippen molar-refractivity contribution in [1.29, 1.82) is 0 Å². The smallest absolute Gasteiger partial charge is 0.243 e. The van der Waals surface area contributed by atoms with Crippen molar-refractivity contribution in [3.8, 4) is 5.75 Å². The lowest BCUT2D eigenvalue weighted by atomic mass is 10.1. The summed E-state index contributed by atoms with van der Waals surface area (Å²) >= 11 is 1.03. The van der Waals surface area contributed by atoms with Gasteiger partial charge in [0.15, 0.2) is 9.75 Å². The highest BCUT2D eigenvalue weighted by Gasteiger charge is 2.42. The van der Waals surface area contributed by atoms with Gasteiger partial charge in [0.1, 0.15) is 5.75 Å². The van der Waals surface area contributed by atoms with E-state index in [1.165, 1.54) is 34.8 Å². The van der Waals surface area contributed by atoms with E-state index in [2.05, 4.69) is 10.3 Å². The number of hydrogen-bond acceptors (Lipinski definition) is 9. The minimum absolute atomic E-state index is 0.00755. The number of thioether (sulfide) groups is 1. The predicted octanol–water partition coefficient (Wildman–Crippen LogP) is 2.87. The highest BCUT2D eigenvalue weighted by molar-refractivity contribution is 8.22. The Bertz CT molecular complexity index is 1260. The number of hydrogen-bond donors (Lipinski definition) is 2. The summed E-state index contributed by atoms with van der Waals surface area (Å²) in [6.45, 7) is 7.29. The minimum atomic E-state index is -3.91. The van der Waals surface area contributed by atoms with Crippen LogP contribution in [0.1, 0.15) is 59.8 Å². The average Bonchev–Trinajstić information content (AvgIpc) is 3.55. The van der Waals surface area contributed by atoms with Crippen LogP contribution in [0.2, 0.25) is 0 Å². The summed E-state index contributed by atoms with van der Waals surface area (Å²) in [5.41, 5.74) is 0. The zero-order valence-corrected chi connectivity index (χ0v) is 27.0. The second kappa shape index (κ2) is 14.6. The quantitative estimate of drug-likeness (QED) is 0.319. The molecule has 1 aliphatic heterocycles. The van der Waals surface area contributed by atoms with Crippen molar-refractivity contribution in [2.24, 2.45) is 16.8 Å². The molecule has 0 aromatic heterocycles. The van der Waals surface area contributed by atoms with E-state index < -0.39 is 36.8 Å². The van der Waals surface area contributed by atoms with Crippen LogP contribution in [0.5, 0.6) is 5.75 Å². The van der Waals surface area contributed by atoms with Gasteiger partial charge in [0.25, 0.3) is 0 Å². The third kappa shape index (κ3) is 9.14. The van der Waals surface area contributed by atoms with Gasteiger partial charge in [-0.25, -0.2) is 21.1 Å². The zero-order valence-electron chi connectivity index (χ0n) is 24.5. The molecule has 0 bridgehead atoms. The van der Waals surface area contributed by atoms with Crippen LogP contribution in [0, 0.1) is 11.8 Å². The van der Waals surface area contributed by atoms with Gasteiger partial charge in [0.2, 0.25) is 26.0 Å². The van der Waals surface area contributed by atoms with Crippen LogP contribution in [-0.2, 0) is 24.8 Å². The number of amides is 1. The number of aliphatic hydroxyl groups excluding tert-OH is 1. The lowest BCUT2D eigenvalue weighted by molar-refractivity contribution is -0.117. The number of methoxy groups -OCH3 is 1. The highest BCUT2D eigenvalue weighted by atomic mass is 32.3. The predicted molar refractivity (Wildman–Crippen MR) is 162 cm³/mol. The van der Waals surface area contributed by atoms with E-state index in [1.54, 1.807) is 19.1 Å². The van der Waals surface area contributed by atoms with Crippen LogP contribution >= 0.6 is 11.8 Å². The Balaban J connectivity index is 1.75. The minimum Gasteiger partial charge on any atom is -0.497 e. The number of rotatable bonds is 14. The summed E-state index contributed by atoms with van der Waals surface area (Å²) in [7, 11) is -6.25. The molecule has 1 aromatic rings. The van der Waals surface area contributed by atoms with Gasteiger partial charge < -0.3 is 15.2 Å². The molecular formula is C27H44N4O7S3. The topological polar surface area (TPSA) is 146 Å². The standard InChI is InChI=1S/C27H44N4O7S3/c1-19(2)16-31(40(34,35)25-12-10-24(38-5)11-13-25)18-23(33)14-15-30(17-22-8-6-7-9-22)41(36,37)26-20(3)28-27(39-26)29-21(4)32/h10-13,19-20,22-23,26,33H,6-9,14-18H2,1-5H3,(H,28,29,32)/t20?,23-,26?/m0/s1. The van der Waals surface area contributed by atoms with Crippen LogP contribution in [-0.4, -0.2) is 91.6 Å². The molecule has 0 saturated heterocycles. The summed E-state index contributed by atoms with van der Waals surface area (Å²) in [6.07, 6.45) is 2.99. The molecule has 1 amide bonds. The molecule has 2 unspecified atom stereocenters. The fraction of sp³-hybridized carbons (Fsp3) is 0.704. The van der Waals surface area contributed by atoms with Gasteiger partial charge in [0, 0.05) is 33.1 Å². The molecule has 1 heterocycles. The molecule has 2 N–H and O–H groups in total. The van der Waals surface area contributed by atoms with Crippen molar-refractivity contribution in [3.63, 3.8) is 0 Å². The number of sulfonamides is 2. The van der Waals surface area contributed by atoms with Gasteiger partial charge >= 0.3 is 0 Å². The maximum Gasteiger partial charge on any atom is 0.243 e. The fourth-order valence-electron chi connectivity index (χ4n) is 5.15. The first-order chi connectivity index (χ1) is 19.2. The number of nitrogens with zero attached hydrogens (tertiary/aromatic N) is 3. The Morgan fingerprint density at radius 1 is 1.12 bits per heavy atom. The Morgan fingerprint density at radius 3 is 2.32 bits per heavy atom. The van der Waals surface area contributed by atoms with Gasteiger partial charge in [0.05, 0.1) is 24.2 Å². The van der Waals surface area contributed by atoms with E-state index in [9.17, 15) is 26.7 Å². The maximum absolute atomic E-state index is 13.9. The molecule has 1 aromatic carbocycles. The van der Waals surface area contributed by atoms with Crippen molar-refractivity contribution < 1.29 is 31.5 Å². The molecule has 0 spiro atoms. The van der Waals surface area contributed by atoms with Crippen molar-refractivity contribution in [2.45, 2.75) is 81.4 Å². The Morgan fingerprint density at radius 2 is 1.76 bits per heavy atom. The molecule has 41 heavy (non-hydrogen) atoms. The molecule has 3 rings (SSSR count). The summed E-state index contributed by atoms with van der Waals surface area (Å²) < 4.78 is 61.6. The molecule has 11 nitrogen and oxygen atoms in total. The molecule has 14 heteroatoms. The second-order valence-corrected chi connectivity index (χ2v) is 16.7. The summed E-state index contributed by atoms with van der Waals surface area (Å²) in [5, 5.41) is 13.9. The van der Waals surface area contributed by atoms with Crippen molar-refractivity contribution >= 4 is 42.9 Å². The van der Waals surface area contributed by atoms with Crippen LogP contribution in [0.3, 0.4) is 0 Å². The normalized spacial score (nSPS) is 21.0. The number of ether oxygens (including phenoxy) is 1. The number of benzene rings is 1. The van der Waals surface area contributed by atoms with E-state index in [4.69, 9.17) is 4.74 Å². The number of aliphatic hydroxyl groups is 1. The van der Waals surface area contributed by atoms with Crippen LogP contribution in [0.15, 0.2) is 34.2 Å². The molecule has 1 fully saturated rings. The molecule has 0 radical (unpaired) electrons. The molecule has 2 aliphatic rings. The Labute approximate surface area is 249 Å². The lowest BCUT2D eigenvalue weighted by Crippen LogP contribution is -2.45. The van der Waals surface area contributed by atoms with Crippen LogP contribution in [0.25, 0.3) is 0 Å². The van der Waals surface area contributed by atoms with E-state index in [1.807, 2.05) is 13.8 Å². The zero-order chi connectivity index (χ0) is 30.4. The van der Waals surface area contributed by atoms with Gasteiger partial charge in [-0.05, 0) is 62.3 Å². The van der Waals surface area contributed by atoms with Gasteiger partial charge in [-0.1, -0.05) is 38.5 Å². The third-order valence-corrected chi connectivity index (χ3v) is 13.2. The molecule has 3 atom stereocenters. The summed E-state index contributed by atoms with van der Waals surface area (Å²) in [4.78, 5) is 15.9. The summed E-state index contributed by atoms with van der Waals surface area (Å²) in [5.74, 6) is 0.454. The van der Waals surface area contributed by atoms with E-state index in [0.717, 1.165) is 37.4 Å². The SMILES string of the molecule is COc1ccc(S(=O)(=O)N(CC(C)C)C[C@@H](O)CCN(CC2CCCC2)S(=O)(=O)C2SC(NC(C)=O)=NC2C)cc1. The van der Waals surface area contributed by atoms with E-state index >= 15 is 0 Å². The van der Waals surface area contributed by atoms with Gasteiger partial charge in [-0.2, -0.15) is 4.31 Å².